The van der Waals surface area contributed by atoms with Crippen LogP contribution in [0.3, 0.4) is 0 Å². The predicted octanol–water partition coefficient (Wildman–Crippen LogP) is 2.81. The fraction of sp³-hybridized carbons (Fsp3) is 0.556. The van der Waals surface area contributed by atoms with E-state index in [9.17, 15) is 4.79 Å². The van der Waals surface area contributed by atoms with E-state index in [1.54, 1.807) is 12.1 Å². The number of methoxy groups -OCH3 is 1. The Bertz CT molecular complexity index is 560. The summed E-state index contributed by atoms with van der Waals surface area (Å²) in [5.74, 6) is 0.547. The normalized spacial score (nSPS) is 20.7. The summed E-state index contributed by atoms with van der Waals surface area (Å²) in [7, 11) is 1.39. The fourth-order valence-corrected chi connectivity index (χ4v) is 3.63. The van der Waals surface area contributed by atoms with Crippen LogP contribution in [0.2, 0.25) is 0 Å². The molecule has 1 aromatic rings. The molecule has 0 heterocycles. The summed E-state index contributed by atoms with van der Waals surface area (Å²) in [5.41, 5.74) is 1.62. The predicted molar refractivity (Wildman–Crippen MR) is 101 cm³/mol. The molecule has 0 aromatic heterocycles. The molecule has 1 fully saturated rings. The van der Waals surface area contributed by atoms with Gasteiger partial charge in [-0.05, 0) is 50.1 Å². The van der Waals surface area contributed by atoms with E-state index in [1.165, 1.54) is 26.4 Å². The standard InChI is InChI=1S/C18H27N3O2S/c1-4-19-18(21-15-9-10-16(11-15)24-3)20-12-13-5-7-14(8-6-13)17(22)23-2/h5-8,15-16H,4,9-12H2,1-3H3,(H2,19,20,21). The topological polar surface area (TPSA) is 62.7 Å². The van der Waals surface area contributed by atoms with Gasteiger partial charge in [-0.15, -0.1) is 0 Å². The number of carbonyl (C=O) groups is 1. The third-order valence-corrected chi connectivity index (χ3v) is 5.29. The van der Waals surface area contributed by atoms with Crippen LogP contribution in [-0.4, -0.2) is 43.1 Å². The number of ether oxygens (including phenoxy) is 1. The molecule has 0 spiro atoms. The maximum Gasteiger partial charge on any atom is 0.337 e. The highest BCUT2D eigenvalue weighted by Gasteiger charge is 2.24. The second kappa shape index (κ2) is 9.57. The molecule has 1 aromatic carbocycles. The van der Waals surface area contributed by atoms with Crippen LogP contribution in [0, 0.1) is 0 Å². The number of esters is 1. The van der Waals surface area contributed by atoms with Crippen LogP contribution in [0.5, 0.6) is 0 Å². The van der Waals surface area contributed by atoms with E-state index < -0.39 is 0 Å². The molecule has 0 bridgehead atoms. The van der Waals surface area contributed by atoms with E-state index in [0.717, 1.165) is 23.3 Å². The number of benzene rings is 1. The second-order valence-corrected chi connectivity index (χ2v) is 7.03. The van der Waals surface area contributed by atoms with Crippen molar-refractivity contribution in [1.82, 2.24) is 10.6 Å². The van der Waals surface area contributed by atoms with Crippen LogP contribution in [0.25, 0.3) is 0 Å². The summed E-state index contributed by atoms with van der Waals surface area (Å²) in [6.07, 6.45) is 5.85. The average molecular weight is 350 g/mol. The Balaban J connectivity index is 1.94. The second-order valence-electron chi connectivity index (χ2n) is 5.90. The Kier molecular flexibility index (Phi) is 7.43. The van der Waals surface area contributed by atoms with Gasteiger partial charge in [0.25, 0.3) is 0 Å². The molecule has 5 nitrogen and oxygen atoms in total. The first-order valence-corrected chi connectivity index (χ1v) is 9.70. The molecule has 6 heteroatoms. The van der Waals surface area contributed by atoms with Gasteiger partial charge < -0.3 is 15.4 Å². The van der Waals surface area contributed by atoms with Crippen molar-refractivity contribution >= 4 is 23.7 Å². The summed E-state index contributed by atoms with van der Waals surface area (Å²) in [4.78, 5) is 16.1. The van der Waals surface area contributed by atoms with Crippen molar-refractivity contribution in [2.45, 2.75) is 44.0 Å². The third-order valence-electron chi connectivity index (χ3n) is 4.20. The molecule has 24 heavy (non-hydrogen) atoms. The number of hydrogen-bond donors (Lipinski definition) is 2. The van der Waals surface area contributed by atoms with Crippen LogP contribution >= 0.6 is 11.8 Å². The van der Waals surface area contributed by atoms with E-state index >= 15 is 0 Å². The summed E-state index contributed by atoms with van der Waals surface area (Å²) < 4.78 is 4.71. The van der Waals surface area contributed by atoms with Crippen LogP contribution < -0.4 is 10.6 Å². The first-order valence-electron chi connectivity index (χ1n) is 8.41. The molecule has 0 aliphatic heterocycles. The summed E-state index contributed by atoms with van der Waals surface area (Å²) >= 11 is 1.95. The Morgan fingerprint density at radius 1 is 1.33 bits per heavy atom. The molecular formula is C18H27N3O2S. The zero-order chi connectivity index (χ0) is 17.4. The van der Waals surface area contributed by atoms with Gasteiger partial charge in [0.05, 0.1) is 19.2 Å². The maximum atomic E-state index is 11.4. The van der Waals surface area contributed by atoms with Crippen molar-refractivity contribution in [2.24, 2.45) is 4.99 Å². The molecule has 0 radical (unpaired) electrons. The molecule has 2 unspecified atom stereocenters. The quantitative estimate of drug-likeness (QED) is 0.470. The Morgan fingerprint density at radius 3 is 2.67 bits per heavy atom. The lowest BCUT2D eigenvalue weighted by Gasteiger charge is -2.17. The minimum absolute atomic E-state index is 0.315. The van der Waals surface area contributed by atoms with Crippen LogP contribution in [0.4, 0.5) is 0 Å². The number of aliphatic imine (C=N–C) groups is 1. The van der Waals surface area contributed by atoms with Gasteiger partial charge in [-0.2, -0.15) is 11.8 Å². The number of hydrogen-bond acceptors (Lipinski definition) is 4. The number of rotatable bonds is 6. The first kappa shape index (κ1) is 18.6. The number of nitrogens with one attached hydrogen (secondary N) is 2. The molecule has 2 rings (SSSR count). The average Bonchev–Trinajstić information content (AvgIpc) is 3.07. The molecule has 132 valence electrons. The van der Waals surface area contributed by atoms with Crippen molar-refractivity contribution in [2.75, 3.05) is 19.9 Å². The number of nitrogens with zero attached hydrogens (tertiary/aromatic N) is 1. The van der Waals surface area contributed by atoms with Crippen molar-refractivity contribution in [3.8, 4) is 0 Å². The molecule has 0 saturated heterocycles. The highest BCUT2D eigenvalue weighted by molar-refractivity contribution is 7.99. The van der Waals surface area contributed by atoms with Crippen LogP contribution in [0.15, 0.2) is 29.3 Å². The lowest BCUT2D eigenvalue weighted by molar-refractivity contribution is 0.0600. The van der Waals surface area contributed by atoms with Crippen molar-refractivity contribution in [1.29, 1.82) is 0 Å². The molecule has 1 aliphatic rings. The largest absolute Gasteiger partial charge is 0.465 e. The fourth-order valence-electron chi connectivity index (χ4n) is 2.83. The van der Waals surface area contributed by atoms with Crippen molar-refractivity contribution < 1.29 is 9.53 Å². The van der Waals surface area contributed by atoms with E-state index in [1.807, 2.05) is 23.9 Å². The highest BCUT2D eigenvalue weighted by Crippen LogP contribution is 2.28. The summed E-state index contributed by atoms with van der Waals surface area (Å²) in [6.45, 7) is 3.49. The van der Waals surface area contributed by atoms with Crippen LogP contribution in [-0.2, 0) is 11.3 Å². The number of guanidine groups is 1. The molecule has 0 amide bonds. The summed E-state index contributed by atoms with van der Waals surface area (Å²) in [6, 6.07) is 7.88. The lowest BCUT2D eigenvalue weighted by atomic mass is 10.1. The van der Waals surface area contributed by atoms with Gasteiger partial charge in [-0.25, -0.2) is 9.79 Å². The minimum atomic E-state index is -0.315. The van der Waals surface area contributed by atoms with E-state index in [0.29, 0.717) is 18.2 Å². The minimum Gasteiger partial charge on any atom is -0.465 e. The lowest BCUT2D eigenvalue weighted by Crippen LogP contribution is -2.42. The van der Waals surface area contributed by atoms with E-state index in [-0.39, 0.29) is 5.97 Å². The summed E-state index contributed by atoms with van der Waals surface area (Å²) in [5, 5.41) is 7.61. The number of carbonyl (C=O) groups excluding carboxylic acids is 1. The zero-order valence-corrected chi connectivity index (χ0v) is 15.5. The van der Waals surface area contributed by atoms with Crippen LogP contribution in [0.1, 0.15) is 42.1 Å². The molecule has 1 saturated carbocycles. The first-order chi connectivity index (χ1) is 11.7. The van der Waals surface area contributed by atoms with Gasteiger partial charge in [0.1, 0.15) is 0 Å². The van der Waals surface area contributed by atoms with Gasteiger partial charge in [0, 0.05) is 17.8 Å². The van der Waals surface area contributed by atoms with Crippen molar-refractivity contribution in [3.05, 3.63) is 35.4 Å². The molecule has 2 N–H and O–H groups in total. The third kappa shape index (κ3) is 5.44. The van der Waals surface area contributed by atoms with Gasteiger partial charge in [-0.1, -0.05) is 12.1 Å². The highest BCUT2D eigenvalue weighted by atomic mass is 32.2. The van der Waals surface area contributed by atoms with Gasteiger partial charge in [0.2, 0.25) is 0 Å². The maximum absolute atomic E-state index is 11.4. The van der Waals surface area contributed by atoms with Crippen molar-refractivity contribution in [3.63, 3.8) is 0 Å². The molecule has 2 atom stereocenters. The van der Waals surface area contributed by atoms with Gasteiger partial charge >= 0.3 is 5.97 Å². The van der Waals surface area contributed by atoms with E-state index in [2.05, 4.69) is 28.8 Å². The van der Waals surface area contributed by atoms with Gasteiger partial charge in [-0.3, -0.25) is 0 Å². The Hall–Kier alpha value is -1.69. The van der Waals surface area contributed by atoms with E-state index in [4.69, 9.17) is 4.74 Å². The smallest absolute Gasteiger partial charge is 0.337 e. The zero-order valence-electron chi connectivity index (χ0n) is 14.7. The Morgan fingerprint density at radius 2 is 2.08 bits per heavy atom. The van der Waals surface area contributed by atoms with Gasteiger partial charge in [0.15, 0.2) is 5.96 Å². The monoisotopic (exact) mass is 349 g/mol. The molecule has 1 aliphatic carbocycles. The SMILES string of the molecule is CCNC(=NCc1ccc(C(=O)OC)cc1)NC1CCC(SC)C1. The molecular weight excluding hydrogens is 322 g/mol. The Labute approximate surface area is 148 Å². The number of thioether (sulfide) groups is 1.